The Morgan fingerprint density at radius 1 is 1.06 bits per heavy atom. The molecule has 5 heterocycles. The molecule has 0 aliphatic carbocycles. The Balaban J connectivity index is 1.42. The van der Waals surface area contributed by atoms with Crippen molar-refractivity contribution in [3.05, 3.63) is 33.6 Å². The van der Waals surface area contributed by atoms with Crippen LogP contribution >= 0.6 is 11.3 Å². The van der Waals surface area contributed by atoms with Crippen LogP contribution in [0.1, 0.15) is 52.8 Å². The van der Waals surface area contributed by atoms with E-state index in [-0.39, 0.29) is 23.8 Å². The molecule has 3 aromatic heterocycles. The van der Waals surface area contributed by atoms with E-state index in [1.807, 2.05) is 20.5 Å². The third-order valence-electron chi connectivity index (χ3n) is 7.06. The van der Waals surface area contributed by atoms with E-state index >= 15 is 0 Å². The van der Waals surface area contributed by atoms with E-state index in [2.05, 4.69) is 38.9 Å². The van der Waals surface area contributed by atoms with Gasteiger partial charge in [-0.15, -0.1) is 11.3 Å². The molecule has 0 aromatic carbocycles. The molecule has 0 N–H and O–H groups in total. The number of rotatable bonds is 4. The molecule has 8 nitrogen and oxygen atoms in total. The van der Waals surface area contributed by atoms with Crippen LogP contribution < -0.4 is 0 Å². The third kappa shape index (κ3) is 4.59. The first-order valence-electron chi connectivity index (χ1n) is 12.4. The molecule has 0 spiro atoms. The molecule has 2 amide bonds. The van der Waals surface area contributed by atoms with E-state index in [4.69, 9.17) is 9.72 Å². The Hall–Kier alpha value is -2.78. The molecule has 2 aliphatic heterocycles. The number of ether oxygens (including phenoxy) is 1. The zero-order valence-electron chi connectivity index (χ0n) is 20.9. The molecule has 0 atom stereocenters. The summed E-state index contributed by atoms with van der Waals surface area (Å²) in [6.45, 7) is 12.0. The second-order valence-corrected chi connectivity index (χ2v) is 11.3. The van der Waals surface area contributed by atoms with Crippen molar-refractivity contribution in [2.45, 2.75) is 46.6 Å². The van der Waals surface area contributed by atoms with E-state index in [1.54, 1.807) is 17.5 Å². The minimum Gasteiger partial charge on any atom is -0.378 e. The largest absolute Gasteiger partial charge is 0.378 e. The summed E-state index contributed by atoms with van der Waals surface area (Å²) in [5, 5.41) is 5.34. The van der Waals surface area contributed by atoms with Crippen molar-refractivity contribution in [1.29, 1.82) is 0 Å². The second kappa shape index (κ2) is 9.70. The first-order valence-corrected chi connectivity index (χ1v) is 13.3. The van der Waals surface area contributed by atoms with E-state index in [9.17, 15) is 9.59 Å². The van der Waals surface area contributed by atoms with Crippen molar-refractivity contribution < 1.29 is 14.3 Å². The highest BCUT2D eigenvalue weighted by Gasteiger charge is 2.32. The van der Waals surface area contributed by atoms with Gasteiger partial charge in [-0.2, -0.15) is 5.10 Å². The molecular weight excluding hydrogens is 462 g/mol. The Labute approximate surface area is 209 Å². The van der Waals surface area contributed by atoms with Crippen LogP contribution in [0.15, 0.2) is 18.3 Å². The highest BCUT2D eigenvalue weighted by molar-refractivity contribution is 7.12. The van der Waals surface area contributed by atoms with Gasteiger partial charge in [-0.1, -0.05) is 0 Å². The Morgan fingerprint density at radius 2 is 1.77 bits per heavy atom. The lowest BCUT2D eigenvalue weighted by Crippen LogP contribution is -2.47. The van der Waals surface area contributed by atoms with Crippen LogP contribution in [0, 0.1) is 19.8 Å². The minimum absolute atomic E-state index is 0.0103. The number of thiophene rings is 1. The summed E-state index contributed by atoms with van der Waals surface area (Å²) >= 11 is 1.74. The number of hydrogen-bond acceptors (Lipinski definition) is 6. The molecule has 5 rings (SSSR count). The molecule has 0 bridgehead atoms. The Morgan fingerprint density at radius 3 is 2.40 bits per heavy atom. The topological polar surface area (TPSA) is 80.6 Å². The summed E-state index contributed by atoms with van der Waals surface area (Å²) in [7, 11) is 0. The normalized spacial score (nSPS) is 17.5. The SMILES string of the molecule is Cc1cc(-c2cc(C(=O)N3CCC(C(=O)N4CCOCC4)CC3)c3cnn(C(C)C)c3n2)c(C)s1. The fraction of sp³-hybridized carbons (Fsp3) is 0.538. The fourth-order valence-electron chi connectivity index (χ4n) is 5.14. The van der Waals surface area contributed by atoms with Crippen LogP contribution in [0.2, 0.25) is 0 Å². The average molecular weight is 496 g/mol. The molecule has 2 fully saturated rings. The lowest BCUT2D eigenvalue weighted by molar-refractivity contribution is -0.141. The standard InChI is InChI=1S/C26H33N5O3S/c1-16(2)31-24-22(15-27-31)21(14-23(28-24)20-13-17(3)35-18(20)4)26(33)29-7-5-19(6-8-29)25(32)30-9-11-34-12-10-30/h13-16,19H,5-12H2,1-4H3. The summed E-state index contributed by atoms with van der Waals surface area (Å²) < 4.78 is 7.26. The molecule has 0 saturated carbocycles. The van der Waals surface area contributed by atoms with Crippen LogP contribution in [0.25, 0.3) is 22.3 Å². The van der Waals surface area contributed by atoms with Crippen molar-refractivity contribution in [1.82, 2.24) is 24.6 Å². The van der Waals surface area contributed by atoms with Crippen molar-refractivity contribution in [2.24, 2.45) is 5.92 Å². The predicted molar refractivity (Wildman–Crippen MR) is 137 cm³/mol. The molecule has 0 radical (unpaired) electrons. The first kappa shape index (κ1) is 23.9. The van der Waals surface area contributed by atoms with Gasteiger partial charge in [-0.3, -0.25) is 9.59 Å². The van der Waals surface area contributed by atoms with E-state index in [0.717, 1.165) is 22.3 Å². The summed E-state index contributed by atoms with van der Waals surface area (Å²) in [6, 6.07) is 4.20. The minimum atomic E-state index is -0.0229. The highest BCUT2D eigenvalue weighted by Crippen LogP contribution is 2.33. The number of morpholine rings is 1. The average Bonchev–Trinajstić information content (AvgIpc) is 3.45. The van der Waals surface area contributed by atoms with Gasteiger partial charge in [0.2, 0.25) is 5.91 Å². The molecule has 0 unspecified atom stereocenters. The van der Waals surface area contributed by atoms with Crippen LogP contribution in [0.5, 0.6) is 0 Å². The monoisotopic (exact) mass is 495 g/mol. The number of carbonyl (C=O) groups excluding carboxylic acids is 2. The summed E-state index contributed by atoms with van der Waals surface area (Å²) in [5.74, 6) is 0.171. The predicted octanol–water partition coefficient (Wildman–Crippen LogP) is 4.07. The maximum atomic E-state index is 13.8. The van der Waals surface area contributed by atoms with Gasteiger partial charge in [0.1, 0.15) is 0 Å². The zero-order valence-corrected chi connectivity index (χ0v) is 21.7. The van der Waals surface area contributed by atoms with Crippen LogP contribution in [0.4, 0.5) is 0 Å². The van der Waals surface area contributed by atoms with Crippen molar-refractivity contribution in [3.8, 4) is 11.3 Å². The zero-order chi connectivity index (χ0) is 24.7. The number of amides is 2. The smallest absolute Gasteiger partial charge is 0.254 e. The lowest BCUT2D eigenvalue weighted by Gasteiger charge is -2.35. The van der Waals surface area contributed by atoms with Gasteiger partial charge < -0.3 is 14.5 Å². The number of hydrogen-bond donors (Lipinski definition) is 0. The number of likely N-dealkylation sites (tertiary alicyclic amines) is 1. The van der Waals surface area contributed by atoms with E-state index in [0.29, 0.717) is 57.8 Å². The van der Waals surface area contributed by atoms with Crippen LogP contribution in [0.3, 0.4) is 0 Å². The molecular formula is C26H33N5O3S. The van der Waals surface area contributed by atoms with Gasteiger partial charge in [0.25, 0.3) is 5.91 Å². The number of carbonyl (C=O) groups is 2. The van der Waals surface area contributed by atoms with Crippen LogP contribution in [-0.4, -0.2) is 75.8 Å². The van der Waals surface area contributed by atoms with Gasteiger partial charge in [-0.25, -0.2) is 9.67 Å². The maximum Gasteiger partial charge on any atom is 0.254 e. The van der Waals surface area contributed by atoms with Gasteiger partial charge in [0.15, 0.2) is 5.65 Å². The quantitative estimate of drug-likeness (QED) is 0.545. The van der Waals surface area contributed by atoms with Crippen molar-refractivity contribution in [2.75, 3.05) is 39.4 Å². The van der Waals surface area contributed by atoms with E-state index < -0.39 is 0 Å². The molecule has 2 saturated heterocycles. The molecule has 3 aromatic rings. The van der Waals surface area contributed by atoms with Crippen molar-refractivity contribution in [3.63, 3.8) is 0 Å². The summed E-state index contributed by atoms with van der Waals surface area (Å²) in [5.41, 5.74) is 3.25. The number of aryl methyl sites for hydroxylation is 2. The van der Waals surface area contributed by atoms with Gasteiger partial charge in [-0.05, 0) is 52.7 Å². The lowest BCUT2D eigenvalue weighted by atomic mass is 9.94. The number of pyridine rings is 1. The van der Waals surface area contributed by atoms with Gasteiger partial charge in [0.05, 0.1) is 36.1 Å². The molecule has 2 aliphatic rings. The number of fused-ring (bicyclic) bond motifs is 1. The van der Waals surface area contributed by atoms with E-state index in [1.165, 1.54) is 9.75 Å². The van der Waals surface area contributed by atoms with Gasteiger partial charge >= 0.3 is 0 Å². The number of piperidine rings is 1. The van der Waals surface area contributed by atoms with Gasteiger partial charge in [0, 0.05) is 53.5 Å². The highest BCUT2D eigenvalue weighted by atomic mass is 32.1. The van der Waals surface area contributed by atoms with Crippen LogP contribution in [-0.2, 0) is 9.53 Å². The Kier molecular flexibility index (Phi) is 6.63. The molecule has 186 valence electrons. The maximum absolute atomic E-state index is 13.8. The molecule has 35 heavy (non-hydrogen) atoms. The summed E-state index contributed by atoms with van der Waals surface area (Å²) in [6.07, 6.45) is 3.15. The Bertz CT molecular complexity index is 1250. The summed E-state index contributed by atoms with van der Waals surface area (Å²) in [4.78, 5) is 37.9. The molecule has 9 heteroatoms. The van der Waals surface area contributed by atoms with Crippen molar-refractivity contribution >= 4 is 34.2 Å². The number of nitrogens with zero attached hydrogens (tertiary/aromatic N) is 5. The number of aromatic nitrogens is 3. The fourth-order valence-corrected chi connectivity index (χ4v) is 6.07. The second-order valence-electron chi connectivity index (χ2n) is 9.81. The first-order chi connectivity index (χ1) is 16.8. The third-order valence-corrected chi connectivity index (χ3v) is 8.02.